The maximum atomic E-state index is 14.2. The molecule has 0 amide bonds. The molecule has 0 atom stereocenters. The summed E-state index contributed by atoms with van der Waals surface area (Å²) in [5.41, 5.74) is 0.548. The fourth-order valence-electron chi connectivity index (χ4n) is 3.38. The second kappa shape index (κ2) is 7.75. The van der Waals surface area contributed by atoms with E-state index >= 15 is 0 Å². The molecule has 1 aliphatic rings. The van der Waals surface area contributed by atoms with Crippen LogP contribution in [0.25, 0.3) is 0 Å². The number of hydrogen-bond acceptors (Lipinski definition) is 1. The van der Waals surface area contributed by atoms with Gasteiger partial charge >= 0.3 is 6.11 Å². The van der Waals surface area contributed by atoms with E-state index in [0.29, 0.717) is 17.9 Å². The van der Waals surface area contributed by atoms with E-state index in [0.717, 1.165) is 43.4 Å². The fraction of sp³-hybridized carbons (Fsp3) is 0.333. The first-order valence-electron chi connectivity index (χ1n) is 8.64. The molecule has 1 saturated carbocycles. The lowest BCUT2D eigenvalue weighted by Gasteiger charge is -2.27. The molecular weight excluding hydrogens is 361 g/mol. The summed E-state index contributed by atoms with van der Waals surface area (Å²) in [4.78, 5) is 0. The van der Waals surface area contributed by atoms with Crippen molar-refractivity contribution in [3.8, 4) is 5.75 Å². The lowest BCUT2D eigenvalue weighted by atomic mass is 9.79. The molecule has 1 fully saturated rings. The van der Waals surface area contributed by atoms with Crippen LogP contribution in [0.1, 0.15) is 42.7 Å². The van der Waals surface area contributed by atoms with Crippen LogP contribution in [0.3, 0.4) is 0 Å². The molecule has 1 aliphatic carbocycles. The van der Waals surface area contributed by atoms with E-state index in [-0.39, 0.29) is 10.8 Å². The predicted octanol–water partition coefficient (Wildman–Crippen LogP) is 7.07. The Morgan fingerprint density at radius 3 is 2.27 bits per heavy atom. The van der Waals surface area contributed by atoms with E-state index in [9.17, 15) is 13.2 Å². The van der Waals surface area contributed by atoms with Gasteiger partial charge in [-0.1, -0.05) is 29.8 Å². The third-order valence-corrected chi connectivity index (χ3v) is 5.26. The van der Waals surface area contributed by atoms with Crippen molar-refractivity contribution < 1.29 is 17.9 Å². The minimum atomic E-state index is -3.64. The number of alkyl halides is 2. The van der Waals surface area contributed by atoms with Gasteiger partial charge in [-0.15, -0.1) is 6.58 Å². The van der Waals surface area contributed by atoms with Crippen molar-refractivity contribution in [2.45, 2.75) is 37.7 Å². The third-order valence-electron chi connectivity index (χ3n) is 4.96. The number of benzene rings is 2. The van der Waals surface area contributed by atoms with Gasteiger partial charge in [-0.25, -0.2) is 4.39 Å². The quantitative estimate of drug-likeness (QED) is 0.504. The van der Waals surface area contributed by atoms with Crippen LogP contribution in [0.15, 0.2) is 55.1 Å². The Morgan fingerprint density at radius 1 is 1.04 bits per heavy atom. The van der Waals surface area contributed by atoms with Crippen LogP contribution >= 0.6 is 11.6 Å². The standard InChI is InChI=1S/C21H20ClF3O/c1-2-14-3-5-15(6-4-14)16-7-10-18(11-8-16)26-21(24,25)17-9-12-19(22)20(23)13-17/h2,7-15H,1,3-6H2. The highest BCUT2D eigenvalue weighted by Crippen LogP contribution is 2.38. The van der Waals surface area contributed by atoms with Gasteiger partial charge in [-0.2, -0.15) is 8.78 Å². The van der Waals surface area contributed by atoms with Gasteiger partial charge in [0.15, 0.2) is 0 Å². The average Bonchev–Trinajstić information content (AvgIpc) is 2.64. The Balaban J connectivity index is 1.68. The maximum absolute atomic E-state index is 14.2. The first-order chi connectivity index (χ1) is 12.4. The van der Waals surface area contributed by atoms with E-state index < -0.39 is 17.5 Å². The summed E-state index contributed by atoms with van der Waals surface area (Å²) < 4.78 is 46.7. The van der Waals surface area contributed by atoms with Crippen LogP contribution in [0.2, 0.25) is 5.02 Å². The number of halogens is 4. The van der Waals surface area contributed by atoms with Gasteiger partial charge in [0.1, 0.15) is 11.6 Å². The normalized spacial score (nSPS) is 20.6. The molecule has 138 valence electrons. The topological polar surface area (TPSA) is 9.23 Å². The minimum absolute atomic E-state index is 0.0360. The van der Waals surface area contributed by atoms with Crippen molar-refractivity contribution >= 4 is 11.6 Å². The van der Waals surface area contributed by atoms with E-state index in [2.05, 4.69) is 6.58 Å². The molecule has 0 aromatic heterocycles. The molecule has 0 N–H and O–H groups in total. The molecule has 3 rings (SSSR count). The Hall–Kier alpha value is -1.94. The molecule has 0 spiro atoms. The zero-order valence-corrected chi connectivity index (χ0v) is 15.0. The Morgan fingerprint density at radius 2 is 1.69 bits per heavy atom. The van der Waals surface area contributed by atoms with Crippen molar-refractivity contribution in [2.24, 2.45) is 5.92 Å². The number of rotatable bonds is 5. The fourth-order valence-corrected chi connectivity index (χ4v) is 3.50. The average molecular weight is 381 g/mol. The van der Waals surface area contributed by atoms with Crippen LogP contribution in [0.5, 0.6) is 5.75 Å². The van der Waals surface area contributed by atoms with Crippen LogP contribution in [-0.2, 0) is 6.11 Å². The van der Waals surface area contributed by atoms with Crippen molar-refractivity contribution in [3.63, 3.8) is 0 Å². The Kier molecular flexibility index (Phi) is 5.61. The molecule has 0 saturated heterocycles. The monoisotopic (exact) mass is 380 g/mol. The third kappa shape index (κ3) is 4.24. The van der Waals surface area contributed by atoms with Gasteiger partial charge in [-0.05, 0) is 73.4 Å². The molecular formula is C21H20ClF3O. The van der Waals surface area contributed by atoms with Crippen molar-refractivity contribution in [2.75, 3.05) is 0 Å². The Bertz CT molecular complexity index is 765. The molecule has 0 heterocycles. The number of allylic oxidation sites excluding steroid dienone is 1. The molecule has 0 unspecified atom stereocenters. The summed E-state index contributed by atoms with van der Waals surface area (Å²) in [5.74, 6) is 0.144. The van der Waals surface area contributed by atoms with Crippen molar-refractivity contribution in [1.29, 1.82) is 0 Å². The van der Waals surface area contributed by atoms with E-state index in [1.54, 1.807) is 0 Å². The van der Waals surface area contributed by atoms with Gasteiger partial charge < -0.3 is 4.74 Å². The Labute approximate surface area is 156 Å². The second-order valence-electron chi connectivity index (χ2n) is 6.66. The van der Waals surface area contributed by atoms with Gasteiger partial charge in [0.25, 0.3) is 0 Å². The highest BCUT2D eigenvalue weighted by atomic mass is 35.5. The summed E-state index contributed by atoms with van der Waals surface area (Å²) in [5, 5.41) is -0.208. The number of hydrogen-bond donors (Lipinski definition) is 0. The first kappa shape index (κ1) is 18.8. The second-order valence-corrected chi connectivity index (χ2v) is 7.07. The van der Waals surface area contributed by atoms with Crippen LogP contribution in [0.4, 0.5) is 13.2 Å². The van der Waals surface area contributed by atoms with Crippen LogP contribution in [-0.4, -0.2) is 0 Å². The first-order valence-corrected chi connectivity index (χ1v) is 9.01. The maximum Gasteiger partial charge on any atom is 0.426 e. The summed E-state index contributed by atoms with van der Waals surface area (Å²) in [6, 6.07) is 9.56. The smallest absolute Gasteiger partial charge is 0.426 e. The summed E-state index contributed by atoms with van der Waals surface area (Å²) >= 11 is 5.53. The summed E-state index contributed by atoms with van der Waals surface area (Å²) in [7, 11) is 0. The summed E-state index contributed by atoms with van der Waals surface area (Å²) in [6.45, 7) is 3.84. The zero-order valence-electron chi connectivity index (χ0n) is 14.2. The summed E-state index contributed by atoms with van der Waals surface area (Å²) in [6.07, 6.45) is 2.71. The molecule has 0 radical (unpaired) electrons. The molecule has 26 heavy (non-hydrogen) atoms. The SMILES string of the molecule is C=CC1CCC(c2ccc(OC(F)(F)c3ccc(Cl)c(F)c3)cc2)CC1. The lowest BCUT2D eigenvalue weighted by molar-refractivity contribution is -0.185. The van der Waals surface area contributed by atoms with E-state index in [1.807, 2.05) is 18.2 Å². The minimum Gasteiger partial charge on any atom is -0.429 e. The largest absolute Gasteiger partial charge is 0.429 e. The van der Waals surface area contributed by atoms with Crippen molar-refractivity contribution in [1.82, 2.24) is 0 Å². The van der Waals surface area contributed by atoms with Gasteiger partial charge in [0.2, 0.25) is 0 Å². The number of ether oxygens (including phenoxy) is 1. The van der Waals surface area contributed by atoms with Gasteiger partial charge in [0.05, 0.1) is 10.6 Å². The van der Waals surface area contributed by atoms with Crippen LogP contribution < -0.4 is 4.74 Å². The van der Waals surface area contributed by atoms with Crippen LogP contribution in [0, 0.1) is 11.7 Å². The van der Waals surface area contributed by atoms with Gasteiger partial charge in [-0.3, -0.25) is 0 Å². The van der Waals surface area contributed by atoms with Crippen molar-refractivity contribution in [3.05, 3.63) is 77.1 Å². The molecule has 2 aromatic carbocycles. The molecule has 2 aromatic rings. The molecule has 1 nitrogen and oxygen atoms in total. The zero-order chi connectivity index (χ0) is 18.7. The lowest BCUT2D eigenvalue weighted by Crippen LogP contribution is -2.22. The van der Waals surface area contributed by atoms with E-state index in [4.69, 9.17) is 16.3 Å². The van der Waals surface area contributed by atoms with Gasteiger partial charge in [0, 0.05) is 0 Å². The molecule has 0 aliphatic heterocycles. The van der Waals surface area contributed by atoms with E-state index in [1.165, 1.54) is 12.1 Å². The highest BCUT2D eigenvalue weighted by molar-refractivity contribution is 6.30. The molecule has 0 bridgehead atoms. The predicted molar refractivity (Wildman–Crippen MR) is 97.3 cm³/mol. The highest BCUT2D eigenvalue weighted by Gasteiger charge is 2.35. The molecule has 5 heteroatoms.